The van der Waals surface area contributed by atoms with Gasteiger partial charge in [-0.15, -0.1) is 11.6 Å². The Balaban J connectivity index is 0. The molecule has 1 saturated heterocycles. The molecule has 0 N–H and O–H groups in total. The monoisotopic (exact) mass is 370 g/mol. The van der Waals surface area contributed by atoms with Crippen molar-refractivity contribution in [2.75, 3.05) is 79.3 Å². The Morgan fingerprint density at radius 3 is 0.708 bits per heavy atom. The molecule has 0 aromatic rings. The maximum atomic E-state index is 7.58. The molecule has 0 unspecified atom stereocenters. The van der Waals surface area contributed by atoms with Gasteiger partial charge in [-0.05, 0) is 0 Å². The van der Waals surface area contributed by atoms with E-state index < -0.39 is 0 Å². The first-order chi connectivity index (χ1) is 11.4. The van der Waals surface area contributed by atoms with E-state index in [1.54, 1.807) is 11.6 Å². The number of hydrogen-bond donors (Lipinski definition) is 0. The van der Waals surface area contributed by atoms with Crippen LogP contribution >= 0.6 is 8.58 Å². The Kier molecular flexibility index (Phi) is 28.0. The second kappa shape index (κ2) is 25.4. The zero-order valence-electron chi connectivity index (χ0n) is 14.3. The van der Waals surface area contributed by atoms with Gasteiger partial charge in [-0.1, -0.05) is 0 Å². The standard InChI is InChI=1S/C12H24O6.C2N2P.Na/c1-2-14-5-6-16-9-10-18-12-11-17-8-7-15-4-3-13-1;3-1-5-2-4;/h1-12H2;;/q;-1;+1. The zero-order valence-corrected chi connectivity index (χ0v) is 17.2. The molecule has 1 heterocycles. The summed E-state index contributed by atoms with van der Waals surface area (Å²) < 4.78 is 32.0. The van der Waals surface area contributed by atoms with Crippen molar-refractivity contribution in [2.45, 2.75) is 0 Å². The Hall–Kier alpha value is 0.170. The van der Waals surface area contributed by atoms with Gasteiger partial charge in [0.25, 0.3) is 0 Å². The summed E-state index contributed by atoms with van der Waals surface area (Å²) in [5.74, 6) is 3.26. The van der Waals surface area contributed by atoms with Gasteiger partial charge in [0, 0.05) is 0 Å². The van der Waals surface area contributed by atoms with Gasteiger partial charge in [0.2, 0.25) is 0 Å². The van der Waals surface area contributed by atoms with Crippen LogP contribution in [-0.4, -0.2) is 79.3 Å². The van der Waals surface area contributed by atoms with E-state index in [4.69, 9.17) is 38.9 Å². The summed E-state index contributed by atoms with van der Waals surface area (Å²) in [6.07, 6.45) is 0. The minimum atomic E-state index is 0. The molecule has 0 saturated carbocycles. The van der Waals surface area contributed by atoms with Crippen LogP contribution in [0, 0.1) is 22.1 Å². The average Bonchev–Trinajstić information content (AvgIpc) is 2.56. The maximum absolute atomic E-state index is 7.58. The van der Waals surface area contributed by atoms with E-state index in [0.29, 0.717) is 79.3 Å². The molecule has 24 heavy (non-hydrogen) atoms. The molecule has 8 nitrogen and oxygen atoms in total. The zero-order chi connectivity index (χ0) is 16.8. The van der Waals surface area contributed by atoms with Crippen LogP contribution in [0.1, 0.15) is 0 Å². The molecule has 1 rings (SSSR count). The first-order valence-electron chi connectivity index (χ1n) is 7.36. The van der Waals surface area contributed by atoms with Gasteiger partial charge >= 0.3 is 29.6 Å². The number of ether oxygens (including phenoxy) is 6. The Bertz CT molecular complexity index is 240. The molecule has 0 aromatic heterocycles. The molecule has 0 aliphatic carbocycles. The number of rotatable bonds is 0. The fraction of sp³-hybridized carbons (Fsp3) is 0.857. The van der Waals surface area contributed by atoms with Crippen molar-refractivity contribution in [3.05, 3.63) is 0 Å². The van der Waals surface area contributed by atoms with Crippen LogP contribution in [-0.2, 0) is 28.4 Å². The van der Waals surface area contributed by atoms with Crippen LogP contribution in [0.2, 0.25) is 0 Å². The quantitative estimate of drug-likeness (QED) is 0.356. The van der Waals surface area contributed by atoms with Crippen LogP contribution in [0.15, 0.2) is 0 Å². The smallest absolute Gasteiger partial charge is 0.377 e. The molecule has 1 aliphatic rings. The Morgan fingerprint density at radius 1 is 0.458 bits per heavy atom. The topological polar surface area (TPSA) is 103 Å². The first kappa shape index (κ1) is 26.4. The second-order valence-electron chi connectivity index (χ2n) is 3.99. The fourth-order valence-electron chi connectivity index (χ4n) is 1.34. The van der Waals surface area contributed by atoms with E-state index in [2.05, 4.69) is 0 Å². The van der Waals surface area contributed by atoms with Gasteiger partial charge in [-0.25, -0.2) is 10.5 Å². The van der Waals surface area contributed by atoms with E-state index in [0.717, 1.165) is 0 Å². The molecule has 1 fully saturated rings. The fourth-order valence-corrected chi connectivity index (χ4v) is 1.39. The predicted octanol–water partition coefficient (Wildman–Crippen LogP) is -2.00. The van der Waals surface area contributed by atoms with Crippen LogP contribution in [0.4, 0.5) is 0 Å². The molecule has 0 aromatic carbocycles. The number of nitrogens with zero attached hydrogens (tertiary/aromatic N) is 2. The summed E-state index contributed by atoms with van der Waals surface area (Å²) >= 11 is 0. The molecule has 10 heteroatoms. The van der Waals surface area contributed by atoms with Crippen molar-refractivity contribution in [1.29, 1.82) is 10.5 Å². The van der Waals surface area contributed by atoms with Crippen molar-refractivity contribution < 1.29 is 58.0 Å². The maximum Gasteiger partial charge on any atom is 1.00 e. The summed E-state index contributed by atoms with van der Waals surface area (Å²) in [7, 11) is 0.191. The van der Waals surface area contributed by atoms with Crippen LogP contribution in [0.25, 0.3) is 0 Å². The molecule has 132 valence electrons. The summed E-state index contributed by atoms with van der Waals surface area (Å²) in [6, 6.07) is 0. The van der Waals surface area contributed by atoms with Gasteiger partial charge in [0.1, 0.15) is 0 Å². The van der Waals surface area contributed by atoms with Crippen molar-refractivity contribution in [3.8, 4) is 11.6 Å². The summed E-state index contributed by atoms with van der Waals surface area (Å²) in [5.41, 5.74) is 0. The van der Waals surface area contributed by atoms with Gasteiger partial charge in [0.15, 0.2) is 0 Å². The van der Waals surface area contributed by atoms with Crippen LogP contribution in [0.3, 0.4) is 0 Å². The predicted molar refractivity (Wildman–Crippen MR) is 83.1 cm³/mol. The largest absolute Gasteiger partial charge is 1.00 e. The second-order valence-corrected chi connectivity index (χ2v) is 4.61. The van der Waals surface area contributed by atoms with Crippen molar-refractivity contribution in [2.24, 2.45) is 0 Å². The van der Waals surface area contributed by atoms with Gasteiger partial charge in [0.05, 0.1) is 79.3 Å². The van der Waals surface area contributed by atoms with Gasteiger partial charge < -0.3 is 37.0 Å². The SMILES string of the molecule is C1COCCOCCOCCOCCOCCO1.N#C[P-]C#N.[Na+]. The van der Waals surface area contributed by atoms with Crippen molar-refractivity contribution >= 4 is 8.58 Å². The summed E-state index contributed by atoms with van der Waals surface area (Å²) in [6.45, 7) is 7.04. The van der Waals surface area contributed by atoms with Crippen LogP contribution < -0.4 is 29.6 Å². The van der Waals surface area contributed by atoms with Crippen molar-refractivity contribution in [3.63, 3.8) is 0 Å². The molecule has 0 amide bonds. The molecule has 0 atom stereocenters. The van der Waals surface area contributed by atoms with Crippen LogP contribution in [0.5, 0.6) is 0 Å². The van der Waals surface area contributed by atoms with Gasteiger partial charge in [-0.3, -0.25) is 0 Å². The molecular weight excluding hydrogens is 346 g/mol. The first-order valence-corrected chi connectivity index (χ1v) is 8.25. The van der Waals surface area contributed by atoms with E-state index in [-0.39, 0.29) is 38.1 Å². The third-order valence-corrected chi connectivity index (χ3v) is 2.53. The average molecular weight is 370 g/mol. The summed E-state index contributed by atoms with van der Waals surface area (Å²) in [4.78, 5) is 0. The third kappa shape index (κ3) is 24.4. The third-order valence-electron chi connectivity index (χ3n) is 2.33. The Morgan fingerprint density at radius 2 is 0.625 bits per heavy atom. The molecule has 0 spiro atoms. The van der Waals surface area contributed by atoms with E-state index in [1.165, 1.54) is 0 Å². The molecule has 0 radical (unpaired) electrons. The minimum Gasteiger partial charge on any atom is -0.377 e. The van der Waals surface area contributed by atoms with E-state index >= 15 is 0 Å². The number of hydrogen-bond acceptors (Lipinski definition) is 8. The molecule has 0 bridgehead atoms. The van der Waals surface area contributed by atoms with Crippen molar-refractivity contribution in [1.82, 2.24) is 0 Å². The van der Waals surface area contributed by atoms with Gasteiger partial charge in [-0.2, -0.15) is 0 Å². The summed E-state index contributed by atoms with van der Waals surface area (Å²) in [5, 5.41) is 15.2. The van der Waals surface area contributed by atoms with E-state index in [1.807, 2.05) is 0 Å². The Labute approximate surface area is 167 Å². The van der Waals surface area contributed by atoms with E-state index in [9.17, 15) is 0 Å². The molecule has 1 aliphatic heterocycles. The normalized spacial score (nSPS) is 18.9. The molecular formula is C14H24N2NaO6P. The number of nitriles is 2. The minimum absolute atomic E-state index is 0.